The van der Waals surface area contributed by atoms with Crippen molar-refractivity contribution in [2.75, 3.05) is 12.9 Å². The Bertz CT molecular complexity index is 1040. The maximum Gasteiger partial charge on any atom is 0.272 e. The third kappa shape index (κ3) is 3.75. The molecule has 0 bridgehead atoms. The van der Waals surface area contributed by atoms with Crippen molar-refractivity contribution < 1.29 is 9.13 Å². The van der Waals surface area contributed by atoms with Crippen molar-refractivity contribution in [2.24, 2.45) is 0 Å². The Labute approximate surface area is 164 Å². The number of halogens is 1. The highest BCUT2D eigenvalue weighted by molar-refractivity contribution is 7.99. The molecule has 7 heteroatoms. The van der Waals surface area contributed by atoms with Gasteiger partial charge in [-0.05, 0) is 29.8 Å². The normalized spacial score (nSPS) is 12.8. The van der Waals surface area contributed by atoms with Gasteiger partial charge in [0, 0.05) is 24.0 Å². The van der Waals surface area contributed by atoms with Crippen LogP contribution in [0.2, 0.25) is 0 Å². The first-order chi connectivity index (χ1) is 13.2. The van der Waals surface area contributed by atoms with E-state index in [4.69, 9.17) is 9.72 Å². The molecular formula is C20H17FN2O2S2. The van der Waals surface area contributed by atoms with E-state index in [1.165, 1.54) is 23.9 Å². The molecule has 2 heterocycles. The molecule has 0 aliphatic carbocycles. The van der Waals surface area contributed by atoms with Crippen molar-refractivity contribution in [2.45, 2.75) is 22.2 Å². The number of hydrogen-bond acceptors (Lipinski definition) is 5. The van der Waals surface area contributed by atoms with Crippen LogP contribution in [0.1, 0.15) is 11.3 Å². The Morgan fingerprint density at radius 1 is 1.26 bits per heavy atom. The summed E-state index contributed by atoms with van der Waals surface area (Å²) in [6.45, 7) is 0. The zero-order chi connectivity index (χ0) is 18.8. The smallest absolute Gasteiger partial charge is 0.272 e. The second-order valence-corrected chi connectivity index (χ2v) is 8.07. The molecule has 3 aromatic rings. The van der Waals surface area contributed by atoms with Crippen LogP contribution in [0, 0.1) is 5.82 Å². The summed E-state index contributed by atoms with van der Waals surface area (Å²) in [4.78, 5) is 18.6. The first-order valence-electron chi connectivity index (χ1n) is 8.46. The Hall–Kier alpha value is -2.25. The van der Waals surface area contributed by atoms with E-state index in [0.29, 0.717) is 16.7 Å². The molecule has 1 aliphatic heterocycles. The number of hydrogen-bond donors (Lipinski definition) is 0. The Morgan fingerprint density at radius 2 is 2.07 bits per heavy atom. The van der Waals surface area contributed by atoms with Crippen LogP contribution < -0.4 is 10.3 Å². The molecule has 4 rings (SSSR count). The Kier molecular flexibility index (Phi) is 5.22. The quantitative estimate of drug-likeness (QED) is 0.471. The number of methoxy groups -OCH3 is 1. The Morgan fingerprint density at radius 3 is 2.85 bits per heavy atom. The lowest BCUT2D eigenvalue weighted by molar-refractivity contribution is 0.414. The molecule has 0 fully saturated rings. The van der Waals surface area contributed by atoms with Crippen LogP contribution >= 0.6 is 23.5 Å². The molecule has 138 valence electrons. The maximum absolute atomic E-state index is 13.1. The molecule has 1 aliphatic rings. The number of aromatic nitrogens is 2. The second-order valence-electron chi connectivity index (χ2n) is 6.03. The molecule has 0 saturated heterocycles. The fourth-order valence-corrected chi connectivity index (χ4v) is 4.90. The monoisotopic (exact) mass is 400 g/mol. The molecular weight excluding hydrogens is 383 g/mol. The van der Waals surface area contributed by atoms with Crippen molar-refractivity contribution in [3.05, 3.63) is 76.0 Å². The topological polar surface area (TPSA) is 44.1 Å². The number of fused-ring (bicyclic) bond motifs is 1. The van der Waals surface area contributed by atoms with Crippen LogP contribution in [0.4, 0.5) is 4.39 Å². The fourth-order valence-electron chi connectivity index (χ4n) is 2.89. The van der Waals surface area contributed by atoms with Gasteiger partial charge in [-0.3, -0.25) is 9.36 Å². The summed E-state index contributed by atoms with van der Waals surface area (Å²) >= 11 is 3.03. The highest BCUT2D eigenvalue weighted by Crippen LogP contribution is 2.31. The van der Waals surface area contributed by atoms with Gasteiger partial charge in [-0.15, -0.1) is 11.8 Å². The van der Waals surface area contributed by atoms with Gasteiger partial charge in [0.2, 0.25) is 0 Å². The zero-order valence-electron chi connectivity index (χ0n) is 14.6. The summed E-state index contributed by atoms with van der Waals surface area (Å²) in [6, 6.07) is 13.8. The average Bonchev–Trinajstić information content (AvgIpc) is 3.16. The second kappa shape index (κ2) is 7.78. The van der Waals surface area contributed by atoms with Crippen molar-refractivity contribution in [1.29, 1.82) is 0 Å². The highest BCUT2D eigenvalue weighted by atomic mass is 32.2. The number of nitrogens with zero attached hydrogens (tertiary/aromatic N) is 2. The molecule has 0 atom stereocenters. The molecule has 0 amide bonds. The van der Waals surface area contributed by atoms with Crippen LogP contribution in [0.5, 0.6) is 5.75 Å². The van der Waals surface area contributed by atoms with Gasteiger partial charge in [0.15, 0.2) is 5.16 Å². The molecule has 2 aromatic carbocycles. The van der Waals surface area contributed by atoms with Gasteiger partial charge in [0.25, 0.3) is 5.56 Å². The molecule has 4 nitrogen and oxygen atoms in total. The number of thioether (sulfide) groups is 2. The lowest BCUT2D eigenvalue weighted by atomic mass is 10.2. The lowest BCUT2D eigenvalue weighted by Crippen LogP contribution is -2.23. The van der Waals surface area contributed by atoms with Gasteiger partial charge in [0.05, 0.1) is 23.4 Å². The van der Waals surface area contributed by atoms with Crippen LogP contribution in [0.3, 0.4) is 0 Å². The summed E-state index contributed by atoms with van der Waals surface area (Å²) in [6.07, 6.45) is 0.804. The van der Waals surface area contributed by atoms with E-state index in [-0.39, 0.29) is 11.4 Å². The summed E-state index contributed by atoms with van der Waals surface area (Å²) in [7, 11) is 1.60. The number of rotatable bonds is 5. The predicted octanol–water partition coefficient (Wildman–Crippen LogP) is 4.32. The van der Waals surface area contributed by atoms with Gasteiger partial charge in [-0.2, -0.15) is 0 Å². The first-order valence-corrected chi connectivity index (χ1v) is 10.4. The standard InChI is InChI=1S/C20H17FN2O2S2/c1-25-16-4-2-3-15(11-16)23-19(24)18-17(9-10-26-18)22-20(23)27-12-13-5-7-14(21)8-6-13/h2-8,11H,9-10,12H2,1H3. The van der Waals surface area contributed by atoms with Crippen LogP contribution in [-0.4, -0.2) is 22.4 Å². The fraction of sp³-hybridized carbons (Fsp3) is 0.200. The number of benzene rings is 2. The van der Waals surface area contributed by atoms with Crippen LogP contribution in [-0.2, 0) is 12.2 Å². The molecule has 0 unspecified atom stereocenters. The van der Waals surface area contributed by atoms with E-state index in [2.05, 4.69) is 0 Å². The van der Waals surface area contributed by atoms with E-state index in [9.17, 15) is 9.18 Å². The Balaban J connectivity index is 1.76. The minimum atomic E-state index is -0.260. The largest absolute Gasteiger partial charge is 0.497 e. The third-order valence-corrected chi connectivity index (χ3v) is 6.38. The van der Waals surface area contributed by atoms with E-state index < -0.39 is 0 Å². The first kappa shape index (κ1) is 18.1. The predicted molar refractivity (Wildman–Crippen MR) is 107 cm³/mol. The summed E-state index contributed by atoms with van der Waals surface area (Å²) in [5.41, 5.74) is 2.52. The summed E-state index contributed by atoms with van der Waals surface area (Å²) < 4.78 is 20.1. The van der Waals surface area contributed by atoms with E-state index in [1.807, 2.05) is 24.3 Å². The van der Waals surface area contributed by atoms with E-state index in [1.54, 1.807) is 35.6 Å². The van der Waals surface area contributed by atoms with E-state index in [0.717, 1.165) is 34.0 Å². The molecule has 0 radical (unpaired) electrons. The molecule has 0 N–H and O–H groups in total. The van der Waals surface area contributed by atoms with Gasteiger partial charge in [0.1, 0.15) is 11.6 Å². The molecule has 1 aromatic heterocycles. The molecule has 27 heavy (non-hydrogen) atoms. The van der Waals surface area contributed by atoms with Crippen molar-refractivity contribution >= 4 is 23.5 Å². The summed E-state index contributed by atoms with van der Waals surface area (Å²) in [5.74, 6) is 1.90. The lowest BCUT2D eigenvalue weighted by Gasteiger charge is -2.14. The highest BCUT2D eigenvalue weighted by Gasteiger charge is 2.22. The van der Waals surface area contributed by atoms with Crippen molar-refractivity contribution in [3.8, 4) is 11.4 Å². The van der Waals surface area contributed by atoms with Crippen LogP contribution in [0.15, 0.2) is 63.4 Å². The molecule has 0 spiro atoms. The minimum Gasteiger partial charge on any atom is -0.497 e. The average molecular weight is 401 g/mol. The summed E-state index contributed by atoms with van der Waals surface area (Å²) in [5, 5.41) is 0.638. The number of aryl methyl sites for hydroxylation is 1. The van der Waals surface area contributed by atoms with Gasteiger partial charge in [-0.25, -0.2) is 9.37 Å². The van der Waals surface area contributed by atoms with Crippen LogP contribution in [0.25, 0.3) is 5.69 Å². The van der Waals surface area contributed by atoms with Gasteiger partial charge >= 0.3 is 0 Å². The molecule has 0 saturated carbocycles. The van der Waals surface area contributed by atoms with Gasteiger partial charge in [-0.1, -0.05) is 30.0 Å². The van der Waals surface area contributed by atoms with Crippen molar-refractivity contribution in [1.82, 2.24) is 9.55 Å². The number of ether oxygens (including phenoxy) is 1. The van der Waals surface area contributed by atoms with E-state index >= 15 is 0 Å². The SMILES string of the molecule is COc1cccc(-n2c(SCc3ccc(F)cc3)nc3c(c2=O)SCC3)c1. The third-order valence-electron chi connectivity index (χ3n) is 4.26. The zero-order valence-corrected chi connectivity index (χ0v) is 16.3. The van der Waals surface area contributed by atoms with Crippen molar-refractivity contribution in [3.63, 3.8) is 0 Å². The maximum atomic E-state index is 13.1. The van der Waals surface area contributed by atoms with Gasteiger partial charge < -0.3 is 4.74 Å². The minimum absolute atomic E-state index is 0.0441.